The average Bonchev–Trinajstić information content (AvgIpc) is 2.86. The zero-order valence-electron chi connectivity index (χ0n) is 14.9. The predicted molar refractivity (Wildman–Crippen MR) is 97.9 cm³/mol. The van der Waals surface area contributed by atoms with Crippen molar-refractivity contribution in [3.8, 4) is 0 Å². The summed E-state index contributed by atoms with van der Waals surface area (Å²) in [6.45, 7) is 5.17. The topological polar surface area (TPSA) is 61.9 Å². The molecule has 0 aromatic heterocycles. The van der Waals surface area contributed by atoms with Gasteiger partial charge in [-0.25, -0.2) is 4.79 Å². The van der Waals surface area contributed by atoms with E-state index in [2.05, 4.69) is 12.2 Å². The summed E-state index contributed by atoms with van der Waals surface area (Å²) in [5.41, 5.74) is 1.64. The number of amides is 3. The van der Waals surface area contributed by atoms with Gasteiger partial charge in [-0.05, 0) is 49.9 Å². The van der Waals surface area contributed by atoms with Crippen LogP contribution in [-0.4, -0.2) is 49.2 Å². The van der Waals surface area contributed by atoms with Crippen molar-refractivity contribution >= 4 is 23.3 Å². The molecule has 1 atom stereocenters. The van der Waals surface area contributed by atoms with Crippen LogP contribution in [0, 0.1) is 0 Å². The SMILES string of the molecule is CCCO[C@H]1CCCN(C(=O)Nc2ccc(N3CCC3=O)cc2)CC1. The van der Waals surface area contributed by atoms with Crippen molar-refractivity contribution in [2.24, 2.45) is 0 Å². The lowest BCUT2D eigenvalue weighted by atomic mass is 10.1. The number of rotatable bonds is 5. The van der Waals surface area contributed by atoms with Crippen LogP contribution in [0.3, 0.4) is 0 Å². The molecule has 6 heteroatoms. The second-order valence-corrected chi connectivity index (χ2v) is 6.68. The third-order valence-corrected chi connectivity index (χ3v) is 4.80. The number of carbonyl (C=O) groups excluding carboxylic acids is 2. The Morgan fingerprint density at radius 2 is 2.00 bits per heavy atom. The van der Waals surface area contributed by atoms with Gasteiger partial charge in [0, 0.05) is 44.0 Å². The van der Waals surface area contributed by atoms with Crippen LogP contribution in [0.5, 0.6) is 0 Å². The third-order valence-electron chi connectivity index (χ3n) is 4.80. The molecule has 2 saturated heterocycles. The fourth-order valence-corrected chi connectivity index (χ4v) is 3.24. The number of nitrogens with zero attached hydrogens (tertiary/aromatic N) is 2. The molecule has 0 unspecified atom stereocenters. The van der Waals surface area contributed by atoms with E-state index in [0.717, 1.165) is 63.3 Å². The minimum absolute atomic E-state index is 0.0658. The van der Waals surface area contributed by atoms with Crippen molar-refractivity contribution in [2.75, 3.05) is 36.5 Å². The fraction of sp³-hybridized carbons (Fsp3) is 0.579. The second-order valence-electron chi connectivity index (χ2n) is 6.68. The molecule has 0 aliphatic carbocycles. The number of nitrogens with one attached hydrogen (secondary N) is 1. The van der Waals surface area contributed by atoms with Gasteiger partial charge in [0.25, 0.3) is 0 Å². The minimum Gasteiger partial charge on any atom is -0.378 e. The fourth-order valence-electron chi connectivity index (χ4n) is 3.24. The Balaban J connectivity index is 1.50. The highest BCUT2D eigenvalue weighted by atomic mass is 16.5. The molecular formula is C19H27N3O3. The van der Waals surface area contributed by atoms with Crippen molar-refractivity contribution in [2.45, 2.75) is 45.1 Å². The number of hydrogen-bond donors (Lipinski definition) is 1. The molecule has 0 saturated carbocycles. The molecule has 2 aliphatic heterocycles. The van der Waals surface area contributed by atoms with Crippen molar-refractivity contribution in [1.29, 1.82) is 0 Å². The monoisotopic (exact) mass is 345 g/mol. The van der Waals surface area contributed by atoms with Gasteiger partial charge in [-0.15, -0.1) is 0 Å². The van der Waals surface area contributed by atoms with E-state index in [1.807, 2.05) is 29.2 Å². The van der Waals surface area contributed by atoms with Gasteiger partial charge in [-0.1, -0.05) is 6.92 Å². The van der Waals surface area contributed by atoms with Gasteiger partial charge < -0.3 is 19.9 Å². The second kappa shape index (κ2) is 8.34. The summed E-state index contributed by atoms with van der Waals surface area (Å²) < 4.78 is 5.83. The van der Waals surface area contributed by atoms with Gasteiger partial charge >= 0.3 is 6.03 Å². The van der Waals surface area contributed by atoms with Crippen molar-refractivity contribution in [3.05, 3.63) is 24.3 Å². The zero-order chi connectivity index (χ0) is 17.6. The van der Waals surface area contributed by atoms with Gasteiger partial charge in [0.1, 0.15) is 0 Å². The predicted octanol–water partition coefficient (Wildman–Crippen LogP) is 3.24. The molecule has 0 radical (unpaired) electrons. The standard InChI is InChI=1S/C19H27N3O3/c1-2-14-25-17-4-3-11-21(12-9-17)19(24)20-15-5-7-16(8-6-15)22-13-10-18(22)23/h5-8,17H,2-4,9-14H2,1H3,(H,20,24)/t17-/m0/s1. The maximum Gasteiger partial charge on any atom is 0.321 e. The van der Waals surface area contributed by atoms with Crippen LogP contribution in [0.15, 0.2) is 24.3 Å². The summed E-state index contributed by atoms with van der Waals surface area (Å²) in [6.07, 6.45) is 4.80. The molecule has 0 bridgehead atoms. The lowest BCUT2D eigenvalue weighted by Gasteiger charge is -2.30. The van der Waals surface area contributed by atoms with E-state index >= 15 is 0 Å². The number of ether oxygens (including phenoxy) is 1. The molecule has 1 N–H and O–H groups in total. The quantitative estimate of drug-likeness (QED) is 0.834. The van der Waals surface area contributed by atoms with E-state index in [9.17, 15) is 9.59 Å². The Hall–Kier alpha value is -2.08. The Bertz CT molecular complexity index is 602. The maximum atomic E-state index is 12.5. The summed E-state index contributed by atoms with van der Waals surface area (Å²) in [7, 11) is 0. The van der Waals surface area contributed by atoms with Crippen LogP contribution in [0.25, 0.3) is 0 Å². The Labute approximate surface area is 149 Å². The Kier molecular flexibility index (Phi) is 5.91. The van der Waals surface area contributed by atoms with E-state index in [-0.39, 0.29) is 18.0 Å². The molecule has 1 aromatic carbocycles. The molecule has 3 rings (SSSR count). The van der Waals surface area contributed by atoms with Crippen molar-refractivity contribution in [1.82, 2.24) is 4.90 Å². The number of benzene rings is 1. The number of likely N-dealkylation sites (tertiary alicyclic amines) is 1. The molecule has 25 heavy (non-hydrogen) atoms. The Morgan fingerprint density at radius 3 is 2.64 bits per heavy atom. The summed E-state index contributed by atoms with van der Waals surface area (Å²) >= 11 is 0. The van der Waals surface area contributed by atoms with Gasteiger partial charge in [-0.2, -0.15) is 0 Å². The summed E-state index contributed by atoms with van der Waals surface area (Å²) in [6, 6.07) is 7.39. The minimum atomic E-state index is -0.0658. The molecule has 1 aromatic rings. The van der Waals surface area contributed by atoms with E-state index < -0.39 is 0 Å². The number of hydrogen-bond acceptors (Lipinski definition) is 3. The molecule has 3 amide bonds. The van der Waals surface area contributed by atoms with Crippen LogP contribution < -0.4 is 10.2 Å². The largest absolute Gasteiger partial charge is 0.378 e. The first-order valence-electron chi connectivity index (χ1n) is 9.25. The van der Waals surface area contributed by atoms with Gasteiger partial charge in [0.15, 0.2) is 0 Å². The van der Waals surface area contributed by atoms with Crippen LogP contribution in [0.2, 0.25) is 0 Å². The summed E-state index contributed by atoms with van der Waals surface area (Å²) in [5.74, 6) is 0.154. The highest BCUT2D eigenvalue weighted by molar-refractivity contribution is 5.99. The molecular weight excluding hydrogens is 318 g/mol. The number of carbonyl (C=O) groups is 2. The lowest BCUT2D eigenvalue weighted by Crippen LogP contribution is -2.43. The number of anilines is 2. The summed E-state index contributed by atoms with van der Waals surface area (Å²) in [4.78, 5) is 27.6. The van der Waals surface area contributed by atoms with Gasteiger partial charge in [0.2, 0.25) is 5.91 Å². The normalized spacial score (nSPS) is 20.8. The number of urea groups is 1. The van der Waals surface area contributed by atoms with Crippen LogP contribution >= 0.6 is 0 Å². The van der Waals surface area contributed by atoms with Crippen molar-refractivity contribution in [3.63, 3.8) is 0 Å². The molecule has 2 heterocycles. The molecule has 136 valence electrons. The van der Waals surface area contributed by atoms with Crippen LogP contribution in [-0.2, 0) is 9.53 Å². The van der Waals surface area contributed by atoms with Crippen LogP contribution in [0.4, 0.5) is 16.2 Å². The Morgan fingerprint density at radius 1 is 1.20 bits per heavy atom. The third kappa shape index (κ3) is 4.51. The van der Waals surface area contributed by atoms with Gasteiger partial charge in [-0.3, -0.25) is 4.79 Å². The average molecular weight is 345 g/mol. The van der Waals surface area contributed by atoms with Crippen molar-refractivity contribution < 1.29 is 14.3 Å². The van der Waals surface area contributed by atoms with Crippen LogP contribution in [0.1, 0.15) is 39.0 Å². The summed E-state index contributed by atoms with van der Waals surface area (Å²) in [5, 5.41) is 2.95. The van der Waals surface area contributed by atoms with Gasteiger partial charge in [0.05, 0.1) is 6.10 Å². The number of β-lactam (4-membered cyclic amide) rings is 1. The van der Waals surface area contributed by atoms with E-state index in [0.29, 0.717) is 6.42 Å². The van der Waals surface area contributed by atoms with E-state index in [1.54, 1.807) is 4.90 Å². The molecule has 2 fully saturated rings. The molecule has 6 nitrogen and oxygen atoms in total. The maximum absolute atomic E-state index is 12.5. The lowest BCUT2D eigenvalue weighted by molar-refractivity contribution is -0.122. The molecule has 0 spiro atoms. The highest BCUT2D eigenvalue weighted by Gasteiger charge is 2.25. The van der Waals surface area contributed by atoms with E-state index in [1.165, 1.54) is 0 Å². The first kappa shape index (κ1) is 17.7. The smallest absolute Gasteiger partial charge is 0.321 e. The zero-order valence-corrected chi connectivity index (χ0v) is 14.9. The molecule has 2 aliphatic rings. The van der Waals surface area contributed by atoms with E-state index in [4.69, 9.17) is 4.74 Å². The first-order valence-corrected chi connectivity index (χ1v) is 9.25. The highest BCUT2D eigenvalue weighted by Crippen LogP contribution is 2.24. The first-order chi connectivity index (χ1) is 12.2.